The third-order valence-corrected chi connectivity index (χ3v) is 4.69. The molecule has 2 N–H and O–H groups in total. The Morgan fingerprint density at radius 2 is 2.12 bits per heavy atom. The lowest BCUT2D eigenvalue weighted by Crippen LogP contribution is -2.44. The van der Waals surface area contributed by atoms with Gasteiger partial charge in [0.2, 0.25) is 0 Å². The van der Waals surface area contributed by atoms with Crippen molar-refractivity contribution in [1.82, 2.24) is 20.5 Å². The number of carbonyl (C=O) groups excluding carboxylic acids is 1. The zero-order chi connectivity index (χ0) is 17.5. The molecule has 1 aliphatic heterocycles. The summed E-state index contributed by atoms with van der Waals surface area (Å²) < 4.78 is 5.61. The van der Waals surface area contributed by atoms with Crippen LogP contribution in [0.1, 0.15) is 49.6 Å². The van der Waals surface area contributed by atoms with E-state index in [1.54, 1.807) is 18.7 Å². The number of furan rings is 1. The Balaban J connectivity index is 1.56. The maximum atomic E-state index is 12.3. The molecular weight excluding hydrogens is 316 g/mol. The minimum Gasteiger partial charge on any atom is -0.468 e. The van der Waals surface area contributed by atoms with Crippen LogP contribution in [0.4, 0.5) is 4.79 Å². The highest BCUT2D eigenvalue weighted by atomic mass is 16.3. The van der Waals surface area contributed by atoms with Crippen LogP contribution in [-0.4, -0.2) is 35.5 Å². The molecule has 0 saturated carbocycles. The van der Waals surface area contributed by atoms with Gasteiger partial charge in [-0.25, -0.2) is 4.79 Å². The minimum atomic E-state index is -0.176. The molecule has 3 heterocycles. The quantitative estimate of drug-likeness (QED) is 0.845. The van der Waals surface area contributed by atoms with E-state index in [1.807, 2.05) is 31.2 Å². The Bertz CT molecular complexity index is 639. The Kier molecular flexibility index (Phi) is 6.06. The molecule has 0 aromatic carbocycles. The van der Waals surface area contributed by atoms with E-state index in [4.69, 9.17) is 4.42 Å². The molecule has 1 fully saturated rings. The van der Waals surface area contributed by atoms with E-state index in [2.05, 4.69) is 20.5 Å². The molecule has 1 aliphatic rings. The van der Waals surface area contributed by atoms with E-state index in [-0.39, 0.29) is 18.1 Å². The third kappa shape index (κ3) is 4.82. The maximum Gasteiger partial charge on any atom is 0.315 e. The monoisotopic (exact) mass is 342 g/mol. The number of amides is 2. The van der Waals surface area contributed by atoms with Crippen LogP contribution in [0.2, 0.25) is 0 Å². The van der Waals surface area contributed by atoms with E-state index < -0.39 is 0 Å². The Labute approximate surface area is 148 Å². The summed E-state index contributed by atoms with van der Waals surface area (Å²) in [5.74, 6) is 0.905. The van der Waals surface area contributed by atoms with Gasteiger partial charge in [-0.2, -0.15) is 0 Å². The van der Waals surface area contributed by atoms with Crippen molar-refractivity contribution in [1.29, 1.82) is 0 Å². The first-order chi connectivity index (χ1) is 12.2. The molecule has 2 aromatic rings. The van der Waals surface area contributed by atoms with Crippen molar-refractivity contribution in [3.8, 4) is 0 Å². The fourth-order valence-electron chi connectivity index (χ4n) is 3.27. The zero-order valence-corrected chi connectivity index (χ0v) is 14.6. The van der Waals surface area contributed by atoms with Gasteiger partial charge in [0.05, 0.1) is 18.3 Å². The molecule has 0 unspecified atom stereocenters. The molecule has 2 atom stereocenters. The molecule has 1 saturated heterocycles. The van der Waals surface area contributed by atoms with Crippen LogP contribution < -0.4 is 10.6 Å². The average molecular weight is 342 g/mol. The summed E-state index contributed by atoms with van der Waals surface area (Å²) >= 11 is 0. The van der Waals surface area contributed by atoms with Crippen LogP contribution in [0, 0.1) is 0 Å². The normalized spacial score (nSPS) is 17.6. The predicted molar refractivity (Wildman–Crippen MR) is 96.1 cm³/mol. The van der Waals surface area contributed by atoms with Crippen molar-refractivity contribution in [2.75, 3.05) is 19.6 Å². The molecule has 0 bridgehead atoms. The van der Waals surface area contributed by atoms with Gasteiger partial charge in [0.15, 0.2) is 0 Å². The molecule has 6 heteroatoms. The number of carbonyl (C=O) groups is 1. The first kappa shape index (κ1) is 17.5. The van der Waals surface area contributed by atoms with E-state index in [1.165, 1.54) is 19.3 Å². The number of hydrogen-bond acceptors (Lipinski definition) is 4. The van der Waals surface area contributed by atoms with Gasteiger partial charge in [0, 0.05) is 18.9 Å². The number of nitrogens with one attached hydrogen (secondary N) is 2. The van der Waals surface area contributed by atoms with Crippen molar-refractivity contribution in [3.05, 3.63) is 54.2 Å². The summed E-state index contributed by atoms with van der Waals surface area (Å²) in [7, 11) is 0. The number of aromatic nitrogens is 1. The first-order valence-corrected chi connectivity index (χ1v) is 8.96. The third-order valence-electron chi connectivity index (χ3n) is 4.69. The number of hydrogen-bond donors (Lipinski definition) is 2. The van der Waals surface area contributed by atoms with E-state index in [0.29, 0.717) is 6.54 Å². The first-order valence-electron chi connectivity index (χ1n) is 8.96. The zero-order valence-electron chi connectivity index (χ0n) is 14.6. The Morgan fingerprint density at radius 1 is 1.28 bits per heavy atom. The highest BCUT2D eigenvalue weighted by Crippen LogP contribution is 2.24. The number of rotatable bonds is 6. The Morgan fingerprint density at radius 3 is 2.80 bits per heavy atom. The summed E-state index contributed by atoms with van der Waals surface area (Å²) in [6.45, 7) is 4.56. The van der Waals surface area contributed by atoms with Gasteiger partial charge in [0.1, 0.15) is 5.76 Å². The highest BCUT2D eigenvalue weighted by Gasteiger charge is 2.25. The fraction of sp³-hybridized carbons (Fsp3) is 0.474. The van der Waals surface area contributed by atoms with Crippen molar-refractivity contribution in [3.63, 3.8) is 0 Å². The summed E-state index contributed by atoms with van der Waals surface area (Å²) in [4.78, 5) is 18.8. The van der Waals surface area contributed by atoms with Crippen LogP contribution >= 0.6 is 0 Å². The molecule has 134 valence electrons. The molecule has 2 amide bonds. The number of piperidine rings is 1. The molecular formula is C19H26N4O2. The summed E-state index contributed by atoms with van der Waals surface area (Å²) in [5.41, 5.74) is 0.983. The van der Waals surface area contributed by atoms with E-state index >= 15 is 0 Å². The largest absolute Gasteiger partial charge is 0.468 e. The average Bonchev–Trinajstić information content (AvgIpc) is 3.18. The predicted octanol–water partition coefficient (Wildman–Crippen LogP) is 3.26. The van der Waals surface area contributed by atoms with Gasteiger partial charge in [-0.05, 0) is 56.6 Å². The summed E-state index contributed by atoms with van der Waals surface area (Å²) in [6, 6.07) is 7.52. The van der Waals surface area contributed by atoms with E-state index in [0.717, 1.165) is 24.4 Å². The van der Waals surface area contributed by atoms with Crippen molar-refractivity contribution in [2.45, 2.75) is 38.3 Å². The van der Waals surface area contributed by atoms with Crippen LogP contribution in [0.15, 0.2) is 47.3 Å². The van der Waals surface area contributed by atoms with Crippen LogP contribution in [0.3, 0.4) is 0 Å². The molecule has 0 aliphatic carbocycles. The lowest BCUT2D eigenvalue weighted by Gasteiger charge is -2.33. The van der Waals surface area contributed by atoms with Crippen LogP contribution in [0.25, 0.3) is 0 Å². The molecule has 6 nitrogen and oxygen atoms in total. The number of nitrogens with zero attached hydrogens (tertiary/aromatic N) is 2. The maximum absolute atomic E-state index is 12.3. The van der Waals surface area contributed by atoms with Crippen molar-refractivity contribution in [2.24, 2.45) is 0 Å². The van der Waals surface area contributed by atoms with Gasteiger partial charge in [0.25, 0.3) is 0 Å². The van der Waals surface area contributed by atoms with Gasteiger partial charge in [-0.15, -0.1) is 0 Å². The van der Waals surface area contributed by atoms with Gasteiger partial charge >= 0.3 is 6.03 Å². The van der Waals surface area contributed by atoms with E-state index in [9.17, 15) is 4.79 Å². The number of urea groups is 1. The lowest BCUT2D eigenvalue weighted by molar-refractivity contribution is 0.143. The highest BCUT2D eigenvalue weighted by molar-refractivity contribution is 5.74. The second-order valence-corrected chi connectivity index (χ2v) is 6.49. The Hall–Kier alpha value is -2.34. The van der Waals surface area contributed by atoms with Crippen molar-refractivity contribution >= 4 is 6.03 Å². The molecule has 3 rings (SSSR count). The topological polar surface area (TPSA) is 70.4 Å². The van der Waals surface area contributed by atoms with Gasteiger partial charge in [-0.1, -0.05) is 12.5 Å². The van der Waals surface area contributed by atoms with Crippen LogP contribution in [-0.2, 0) is 0 Å². The van der Waals surface area contributed by atoms with Crippen LogP contribution in [0.5, 0.6) is 0 Å². The smallest absolute Gasteiger partial charge is 0.315 e. The molecule has 2 aromatic heterocycles. The summed E-state index contributed by atoms with van der Waals surface area (Å²) in [6.07, 6.45) is 8.85. The standard InChI is InChI=1S/C19H26N4O2/c1-15(16-7-5-9-20-13-16)22-19(24)21-14-17(18-8-6-12-25-18)23-10-3-2-4-11-23/h5-9,12-13,15,17H,2-4,10-11,14H2,1H3,(H2,21,22,24)/t15-,17+/m1/s1. The molecule has 0 spiro atoms. The fourth-order valence-corrected chi connectivity index (χ4v) is 3.27. The number of pyridine rings is 1. The van der Waals surface area contributed by atoms with Crippen molar-refractivity contribution < 1.29 is 9.21 Å². The number of likely N-dealkylation sites (tertiary alicyclic amines) is 1. The SMILES string of the molecule is C[C@@H](NC(=O)NC[C@@H](c1ccco1)N1CCCCC1)c1cccnc1. The second-order valence-electron chi connectivity index (χ2n) is 6.49. The van der Waals surface area contributed by atoms with Gasteiger partial charge < -0.3 is 15.1 Å². The summed E-state index contributed by atoms with van der Waals surface area (Å²) in [5, 5.41) is 5.96. The molecule has 0 radical (unpaired) electrons. The minimum absolute atomic E-state index is 0.0785. The molecule has 25 heavy (non-hydrogen) atoms. The second kappa shape index (κ2) is 8.67. The van der Waals surface area contributed by atoms with Gasteiger partial charge in [-0.3, -0.25) is 9.88 Å². The lowest BCUT2D eigenvalue weighted by atomic mass is 10.1.